The van der Waals surface area contributed by atoms with Crippen molar-refractivity contribution in [2.24, 2.45) is 0 Å². The van der Waals surface area contributed by atoms with Gasteiger partial charge >= 0.3 is 0 Å². The molecule has 8 heteroatoms. The third kappa shape index (κ3) is 4.83. The van der Waals surface area contributed by atoms with Crippen molar-refractivity contribution in [1.29, 1.82) is 0 Å². The summed E-state index contributed by atoms with van der Waals surface area (Å²) in [5.41, 5.74) is 0. The summed E-state index contributed by atoms with van der Waals surface area (Å²) in [5.74, 6) is -0.605. The predicted molar refractivity (Wildman–Crippen MR) is 77.8 cm³/mol. The highest BCUT2D eigenvalue weighted by Gasteiger charge is 2.22. The zero-order valence-electron chi connectivity index (χ0n) is 12.6. The van der Waals surface area contributed by atoms with E-state index in [0.717, 1.165) is 12.1 Å². The lowest BCUT2D eigenvalue weighted by Crippen LogP contribution is -2.34. The normalized spacial score (nSPS) is 11.7. The first-order valence-corrected chi connectivity index (χ1v) is 7.94. The van der Waals surface area contributed by atoms with E-state index in [1.165, 1.54) is 14.2 Å². The van der Waals surface area contributed by atoms with E-state index in [1.54, 1.807) is 0 Å². The highest BCUT2D eigenvalue weighted by atomic mass is 32.2. The number of hydrogen-bond acceptors (Lipinski definition) is 5. The zero-order chi connectivity index (χ0) is 16.0. The molecule has 120 valence electrons. The maximum Gasteiger partial charge on any atom is 0.243 e. The third-order valence-electron chi connectivity index (χ3n) is 2.70. The first-order valence-electron chi connectivity index (χ1n) is 6.46. The van der Waals surface area contributed by atoms with E-state index in [9.17, 15) is 12.8 Å². The third-order valence-corrected chi connectivity index (χ3v) is 4.17. The van der Waals surface area contributed by atoms with Crippen molar-refractivity contribution in [3.05, 3.63) is 17.9 Å². The Morgan fingerprint density at radius 2 is 1.71 bits per heavy atom. The number of nitrogens with one attached hydrogen (secondary N) is 2. The van der Waals surface area contributed by atoms with Gasteiger partial charge in [0.25, 0.3) is 0 Å². The van der Waals surface area contributed by atoms with E-state index < -0.39 is 20.7 Å². The summed E-state index contributed by atoms with van der Waals surface area (Å²) >= 11 is 0. The van der Waals surface area contributed by atoms with Crippen LogP contribution in [0.15, 0.2) is 17.0 Å². The lowest BCUT2D eigenvalue weighted by Gasteiger charge is -2.13. The minimum absolute atomic E-state index is 0.135. The molecule has 0 fully saturated rings. The van der Waals surface area contributed by atoms with Crippen molar-refractivity contribution in [2.75, 3.05) is 27.3 Å². The Morgan fingerprint density at radius 3 is 2.24 bits per heavy atom. The average molecular weight is 320 g/mol. The Morgan fingerprint density at radius 1 is 1.14 bits per heavy atom. The lowest BCUT2D eigenvalue weighted by molar-refractivity contribution is 0.350. The number of methoxy groups -OCH3 is 2. The number of rotatable bonds is 8. The molecule has 0 aliphatic carbocycles. The maximum atomic E-state index is 13.9. The van der Waals surface area contributed by atoms with E-state index in [-0.39, 0.29) is 24.1 Å². The molecule has 0 aliphatic heterocycles. The van der Waals surface area contributed by atoms with Crippen molar-refractivity contribution in [3.8, 4) is 11.5 Å². The fraction of sp³-hybridized carbons (Fsp3) is 0.538. The van der Waals surface area contributed by atoms with E-state index in [1.807, 2.05) is 13.8 Å². The molecule has 0 heterocycles. The summed E-state index contributed by atoms with van der Waals surface area (Å²) in [6.45, 7) is 4.51. The molecule has 0 aliphatic rings. The molecule has 0 radical (unpaired) electrons. The van der Waals surface area contributed by atoms with Gasteiger partial charge in [0.1, 0.15) is 10.7 Å². The number of ether oxygens (including phenoxy) is 2. The predicted octanol–water partition coefficient (Wildman–Crippen LogP) is 1.12. The topological polar surface area (TPSA) is 76.7 Å². The number of halogens is 1. The Balaban J connectivity index is 2.92. The van der Waals surface area contributed by atoms with Crippen LogP contribution in [0.5, 0.6) is 11.5 Å². The van der Waals surface area contributed by atoms with Crippen molar-refractivity contribution in [2.45, 2.75) is 24.8 Å². The summed E-state index contributed by atoms with van der Waals surface area (Å²) < 4.78 is 50.3. The summed E-state index contributed by atoms with van der Waals surface area (Å²) in [5, 5.41) is 3.06. The van der Waals surface area contributed by atoms with Crippen LogP contribution in [-0.4, -0.2) is 41.8 Å². The van der Waals surface area contributed by atoms with E-state index >= 15 is 0 Å². The van der Waals surface area contributed by atoms with Crippen LogP contribution in [0.1, 0.15) is 13.8 Å². The average Bonchev–Trinajstić information content (AvgIpc) is 2.42. The van der Waals surface area contributed by atoms with Crippen LogP contribution in [0.3, 0.4) is 0 Å². The van der Waals surface area contributed by atoms with Gasteiger partial charge in [0.2, 0.25) is 10.0 Å². The van der Waals surface area contributed by atoms with Gasteiger partial charge in [-0.15, -0.1) is 0 Å². The molecule has 0 saturated heterocycles. The van der Waals surface area contributed by atoms with Crippen LogP contribution >= 0.6 is 0 Å². The minimum Gasteiger partial charge on any atom is -0.493 e. The second-order valence-corrected chi connectivity index (χ2v) is 6.38. The molecule has 0 aromatic heterocycles. The smallest absolute Gasteiger partial charge is 0.243 e. The molecule has 0 saturated carbocycles. The van der Waals surface area contributed by atoms with Crippen LogP contribution in [0, 0.1) is 5.82 Å². The second-order valence-electron chi connectivity index (χ2n) is 4.64. The largest absolute Gasteiger partial charge is 0.493 e. The minimum atomic E-state index is -3.95. The molecular formula is C13H21FN2O4S. The Bertz CT molecular complexity index is 576. The zero-order valence-corrected chi connectivity index (χ0v) is 13.4. The molecule has 0 bridgehead atoms. The first kappa shape index (κ1) is 17.7. The quantitative estimate of drug-likeness (QED) is 0.702. The van der Waals surface area contributed by atoms with Gasteiger partial charge in [-0.05, 0) is 0 Å². The monoisotopic (exact) mass is 320 g/mol. The maximum absolute atomic E-state index is 13.9. The van der Waals surface area contributed by atoms with Crippen molar-refractivity contribution >= 4 is 10.0 Å². The van der Waals surface area contributed by atoms with Crippen LogP contribution < -0.4 is 19.5 Å². The van der Waals surface area contributed by atoms with E-state index in [2.05, 4.69) is 10.0 Å². The number of benzene rings is 1. The lowest BCUT2D eigenvalue weighted by atomic mass is 10.3. The molecule has 2 N–H and O–H groups in total. The van der Waals surface area contributed by atoms with Crippen LogP contribution in [0.4, 0.5) is 4.39 Å². The van der Waals surface area contributed by atoms with Crippen molar-refractivity contribution in [1.82, 2.24) is 10.0 Å². The molecule has 6 nitrogen and oxygen atoms in total. The molecule has 1 rings (SSSR count). The summed E-state index contributed by atoms with van der Waals surface area (Å²) in [7, 11) is -1.25. The Labute approximate surface area is 124 Å². The van der Waals surface area contributed by atoms with Gasteiger partial charge in [-0.2, -0.15) is 0 Å². The fourth-order valence-corrected chi connectivity index (χ4v) is 2.77. The number of sulfonamides is 1. The van der Waals surface area contributed by atoms with Crippen LogP contribution in [0.2, 0.25) is 0 Å². The van der Waals surface area contributed by atoms with Crippen LogP contribution in [0.25, 0.3) is 0 Å². The van der Waals surface area contributed by atoms with Gasteiger partial charge < -0.3 is 14.8 Å². The molecule has 1 aromatic carbocycles. The van der Waals surface area contributed by atoms with Gasteiger partial charge in [-0.1, -0.05) is 13.8 Å². The summed E-state index contributed by atoms with van der Waals surface area (Å²) in [4.78, 5) is -0.468. The van der Waals surface area contributed by atoms with Gasteiger partial charge in [-0.25, -0.2) is 17.5 Å². The molecule has 1 aromatic rings. The van der Waals surface area contributed by atoms with Gasteiger partial charge in [0, 0.05) is 31.3 Å². The van der Waals surface area contributed by atoms with E-state index in [0.29, 0.717) is 6.54 Å². The van der Waals surface area contributed by atoms with Crippen molar-refractivity contribution in [3.63, 3.8) is 0 Å². The van der Waals surface area contributed by atoms with Gasteiger partial charge in [0.15, 0.2) is 11.5 Å². The SMILES string of the molecule is COc1cc(F)c(S(=O)(=O)NCCNC(C)C)cc1OC. The van der Waals surface area contributed by atoms with Gasteiger partial charge in [-0.3, -0.25) is 0 Å². The highest BCUT2D eigenvalue weighted by molar-refractivity contribution is 7.89. The highest BCUT2D eigenvalue weighted by Crippen LogP contribution is 2.31. The van der Waals surface area contributed by atoms with Crippen molar-refractivity contribution < 1.29 is 22.3 Å². The summed E-state index contributed by atoms with van der Waals surface area (Å²) in [6.07, 6.45) is 0. The number of hydrogen-bond donors (Lipinski definition) is 2. The molecule has 0 spiro atoms. The fourth-order valence-electron chi connectivity index (χ4n) is 1.67. The Kier molecular flexibility index (Phi) is 6.38. The molecular weight excluding hydrogens is 299 g/mol. The van der Waals surface area contributed by atoms with Crippen LogP contribution in [-0.2, 0) is 10.0 Å². The summed E-state index contributed by atoms with van der Waals surface area (Å²) in [6, 6.07) is 2.33. The molecule has 0 amide bonds. The Hall–Kier alpha value is -1.38. The van der Waals surface area contributed by atoms with E-state index in [4.69, 9.17) is 9.47 Å². The molecule has 0 atom stereocenters. The van der Waals surface area contributed by atoms with Gasteiger partial charge in [0.05, 0.1) is 14.2 Å². The standard InChI is InChI=1S/C13H21FN2O4S/c1-9(2)15-5-6-16-21(17,18)13-8-12(20-4)11(19-3)7-10(13)14/h7-9,15-16H,5-6H2,1-4H3. The molecule has 21 heavy (non-hydrogen) atoms. The molecule has 0 unspecified atom stereocenters. The second kappa shape index (κ2) is 7.58. The first-order chi connectivity index (χ1) is 9.81.